The van der Waals surface area contributed by atoms with Gasteiger partial charge >= 0.3 is 6.03 Å². The minimum atomic E-state index is -0.265. The van der Waals surface area contributed by atoms with Gasteiger partial charge in [0.1, 0.15) is 5.82 Å². The number of anilines is 3. The van der Waals surface area contributed by atoms with Crippen molar-refractivity contribution in [3.8, 4) is 0 Å². The SMILES string of the molecule is CNC(=O)Nc1cc2n(n1)CCN2c1ccc2ccccc2c1. The fourth-order valence-corrected chi connectivity index (χ4v) is 2.94. The van der Waals surface area contributed by atoms with Crippen LogP contribution >= 0.6 is 0 Å². The lowest BCUT2D eigenvalue weighted by atomic mass is 10.1. The zero-order valence-corrected chi connectivity index (χ0v) is 12.8. The van der Waals surface area contributed by atoms with Gasteiger partial charge in [-0.1, -0.05) is 30.3 Å². The molecule has 2 amide bonds. The molecule has 0 saturated heterocycles. The van der Waals surface area contributed by atoms with Crippen LogP contribution in [0.15, 0.2) is 48.5 Å². The van der Waals surface area contributed by atoms with Crippen LogP contribution in [-0.4, -0.2) is 29.4 Å². The number of amides is 2. The van der Waals surface area contributed by atoms with Gasteiger partial charge in [-0.25, -0.2) is 9.48 Å². The Labute approximate surface area is 133 Å². The first-order valence-corrected chi connectivity index (χ1v) is 7.57. The van der Waals surface area contributed by atoms with Gasteiger partial charge in [0.05, 0.1) is 6.54 Å². The highest BCUT2D eigenvalue weighted by atomic mass is 16.2. The second-order valence-corrected chi connectivity index (χ2v) is 5.50. The fraction of sp³-hybridized carbons (Fsp3) is 0.176. The first kappa shape index (κ1) is 13.6. The van der Waals surface area contributed by atoms with Crippen LogP contribution in [0.4, 0.5) is 22.1 Å². The fourth-order valence-electron chi connectivity index (χ4n) is 2.94. The number of carbonyl (C=O) groups excluding carboxylic acids is 1. The van der Waals surface area contributed by atoms with Crippen LogP contribution in [-0.2, 0) is 6.54 Å². The van der Waals surface area contributed by atoms with Crippen LogP contribution in [0.5, 0.6) is 0 Å². The third kappa shape index (κ3) is 2.38. The molecule has 0 saturated carbocycles. The summed E-state index contributed by atoms with van der Waals surface area (Å²) in [6, 6.07) is 16.4. The number of carbonyl (C=O) groups is 1. The second-order valence-electron chi connectivity index (χ2n) is 5.50. The van der Waals surface area contributed by atoms with Gasteiger partial charge in [-0.15, -0.1) is 0 Å². The molecule has 0 unspecified atom stereocenters. The molecule has 116 valence electrons. The average molecular weight is 307 g/mol. The molecule has 23 heavy (non-hydrogen) atoms. The maximum atomic E-state index is 11.4. The Balaban J connectivity index is 1.67. The van der Waals surface area contributed by atoms with Crippen molar-refractivity contribution in [2.75, 3.05) is 23.8 Å². The number of hydrogen-bond acceptors (Lipinski definition) is 3. The first-order chi connectivity index (χ1) is 11.2. The third-order valence-electron chi connectivity index (χ3n) is 4.08. The molecule has 2 N–H and O–H groups in total. The number of benzene rings is 2. The summed E-state index contributed by atoms with van der Waals surface area (Å²) in [5, 5.41) is 12.1. The molecule has 1 aromatic heterocycles. The van der Waals surface area contributed by atoms with Crippen molar-refractivity contribution >= 4 is 34.1 Å². The predicted molar refractivity (Wildman–Crippen MR) is 91.3 cm³/mol. The van der Waals surface area contributed by atoms with Crippen LogP contribution in [0.1, 0.15) is 0 Å². The predicted octanol–water partition coefficient (Wildman–Crippen LogP) is 2.94. The van der Waals surface area contributed by atoms with E-state index in [9.17, 15) is 4.79 Å². The molecule has 0 fully saturated rings. The minimum Gasteiger partial charge on any atom is -0.341 e. The van der Waals surface area contributed by atoms with E-state index in [0.717, 1.165) is 24.6 Å². The second kappa shape index (κ2) is 5.31. The zero-order chi connectivity index (χ0) is 15.8. The number of fused-ring (bicyclic) bond motifs is 2. The quantitative estimate of drug-likeness (QED) is 0.765. The first-order valence-electron chi connectivity index (χ1n) is 7.57. The van der Waals surface area contributed by atoms with Crippen LogP contribution in [0, 0.1) is 0 Å². The van der Waals surface area contributed by atoms with Gasteiger partial charge < -0.3 is 10.2 Å². The minimum absolute atomic E-state index is 0.265. The van der Waals surface area contributed by atoms with Gasteiger partial charge in [0.25, 0.3) is 0 Å². The zero-order valence-electron chi connectivity index (χ0n) is 12.8. The van der Waals surface area contributed by atoms with E-state index in [1.807, 2.05) is 22.9 Å². The van der Waals surface area contributed by atoms with Gasteiger partial charge in [0, 0.05) is 25.3 Å². The highest BCUT2D eigenvalue weighted by Crippen LogP contribution is 2.33. The van der Waals surface area contributed by atoms with Crippen LogP contribution in [0.2, 0.25) is 0 Å². The topological polar surface area (TPSA) is 62.2 Å². The lowest BCUT2D eigenvalue weighted by molar-refractivity contribution is 0.254. The molecule has 3 aromatic rings. The molecule has 2 aromatic carbocycles. The average Bonchev–Trinajstić information content (AvgIpc) is 3.14. The van der Waals surface area contributed by atoms with Crippen molar-refractivity contribution < 1.29 is 4.79 Å². The molecular weight excluding hydrogens is 290 g/mol. The number of urea groups is 1. The van der Waals surface area contributed by atoms with Crippen molar-refractivity contribution in [2.24, 2.45) is 0 Å². The smallest absolute Gasteiger partial charge is 0.320 e. The molecule has 4 rings (SSSR count). The van der Waals surface area contributed by atoms with Crippen LogP contribution in [0.25, 0.3) is 10.8 Å². The van der Waals surface area contributed by atoms with E-state index in [4.69, 9.17) is 0 Å². The summed E-state index contributed by atoms with van der Waals surface area (Å²) in [7, 11) is 1.58. The van der Waals surface area contributed by atoms with Gasteiger partial charge in [-0.05, 0) is 22.9 Å². The summed E-state index contributed by atoms with van der Waals surface area (Å²) in [6.07, 6.45) is 0. The highest BCUT2D eigenvalue weighted by molar-refractivity contribution is 5.89. The molecule has 2 heterocycles. The van der Waals surface area contributed by atoms with Gasteiger partial charge in [-0.2, -0.15) is 5.10 Å². The summed E-state index contributed by atoms with van der Waals surface area (Å²) in [4.78, 5) is 13.6. The van der Waals surface area contributed by atoms with Crippen molar-refractivity contribution in [1.82, 2.24) is 15.1 Å². The monoisotopic (exact) mass is 307 g/mol. The Morgan fingerprint density at radius 2 is 1.91 bits per heavy atom. The summed E-state index contributed by atoms with van der Waals surface area (Å²) in [5.41, 5.74) is 1.13. The van der Waals surface area contributed by atoms with E-state index in [0.29, 0.717) is 5.82 Å². The molecular formula is C17H17N5O. The molecule has 0 spiro atoms. The highest BCUT2D eigenvalue weighted by Gasteiger charge is 2.23. The standard InChI is InChI=1S/C17H17N5O/c1-18-17(23)19-15-11-16-21(8-9-22(16)20-15)14-7-6-12-4-2-3-5-13(12)10-14/h2-7,10-11H,8-9H2,1H3,(H2,18,19,20,23). The van der Waals surface area contributed by atoms with E-state index in [-0.39, 0.29) is 6.03 Å². The number of aromatic nitrogens is 2. The van der Waals surface area contributed by atoms with E-state index >= 15 is 0 Å². The molecule has 0 atom stereocenters. The van der Waals surface area contributed by atoms with Crippen LogP contribution in [0.3, 0.4) is 0 Å². The number of nitrogens with one attached hydrogen (secondary N) is 2. The third-order valence-corrected chi connectivity index (χ3v) is 4.08. The Bertz CT molecular complexity index is 886. The van der Waals surface area contributed by atoms with Crippen molar-refractivity contribution in [2.45, 2.75) is 6.54 Å². The van der Waals surface area contributed by atoms with E-state index in [1.54, 1.807) is 7.05 Å². The molecule has 0 bridgehead atoms. The molecule has 0 radical (unpaired) electrons. The van der Waals surface area contributed by atoms with Crippen molar-refractivity contribution in [3.05, 3.63) is 48.5 Å². The van der Waals surface area contributed by atoms with Gasteiger partial charge in [0.15, 0.2) is 5.82 Å². The molecule has 0 aliphatic carbocycles. The Hall–Kier alpha value is -3.02. The molecule has 6 heteroatoms. The Morgan fingerprint density at radius 3 is 2.74 bits per heavy atom. The summed E-state index contributed by atoms with van der Waals surface area (Å²) >= 11 is 0. The summed E-state index contributed by atoms with van der Waals surface area (Å²) in [6.45, 7) is 1.68. The summed E-state index contributed by atoms with van der Waals surface area (Å²) < 4.78 is 1.92. The molecule has 1 aliphatic heterocycles. The Kier molecular flexibility index (Phi) is 3.15. The molecule has 6 nitrogen and oxygen atoms in total. The summed E-state index contributed by atoms with van der Waals surface area (Å²) in [5.74, 6) is 1.55. The van der Waals surface area contributed by atoms with E-state index in [2.05, 4.69) is 51.0 Å². The van der Waals surface area contributed by atoms with E-state index < -0.39 is 0 Å². The maximum absolute atomic E-state index is 11.4. The normalized spacial score (nSPS) is 13.2. The number of rotatable bonds is 2. The number of hydrogen-bond donors (Lipinski definition) is 2. The van der Waals surface area contributed by atoms with Gasteiger partial charge in [-0.3, -0.25) is 5.32 Å². The lowest BCUT2D eigenvalue weighted by Crippen LogP contribution is -2.24. The Morgan fingerprint density at radius 1 is 1.09 bits per heavy atom. The number of nitrogens with zero attached hydrogens (tertiary/aromatic N) is 3. The lowest BCUT2D eigenvalue weighted by Gasteiger charge is -2.17. The largest absolute Gasteiger partial charge is 0.341 e. The van der Waals surface area contributed by atoms with Crippen LogP contribution < -0.4 is 15.5 Å². The molecule has 1 aliphatic rings. The van der Waals surface area contributed by atoms with Crippen molar-refractivity contribution in [1.29, 1.82) is 0 Å². The van der Waals surface area contributed by atoms with Gasteiger partial charge in [0.2, 0.25) is 0 Å². The van der Waals surface area contributed by atoms with Crippen molar-refractivity contribution in [3.63, 3.8) is 0 Å². The maximum Gasteiger partial charge on any atom is 0.320 e. The van der Waals surface area contributed by atoms with E-state index in [1.165, 1.54) is 10.8 Å².